The summed E-state index contributed by atoms with van der Waals surface area (Å²) in [6, 6.07) is 7.36. The van der Waals surface area contributed by atoms with Crippen molar-refractivity contribution in [3.8, 4) is 0 Å². The second-order valence-electron chi connectivity index (χ2n) is 8.77. The standard InChI is InChI=1S/C21H22Cl2N2O/c22-16-7-18-17(2-1-3-19(18)24-11-16)20(26)25(23)12-21-8-13-4-14(9-21)6-15(5-13)10-21/h1-3,7,11,13-15H,4-6,8-10,12H2. The summed E-state index contributed by atoms with van der Waals surface area (Å²) in [7, 11) is 0. The molecular formula is C21H22Cl2N2O. The average Bonchev–Trinajstić information content (AvgIpc) is 2.59. The molecule has 0 unspecified atom stereocenters. The molecule has 136 valence electrons. The number of halogens is 2. The first-order valence-corrected chi connectivity index (χ1v) is 10.2. The van der Waals surface area contributed by atoms with Crippen molar-refractivity contribution in [2.45, 2.75) is 38.5 Å². The van der Waals surface area contributed by atoms with Crippen LogP contribution in [0, 0.1) is 23.2 Å². The highest BCUT2D eigenvalue weighted by Gasteiger charge is 2.51. The number of hydrogen-bond donors (Lipinski definition) is 0. The van der Waals surface area contributed by atoms with Gasteiger partial charge in [-0.05, 0) is 79.9 Å². The van der Waals surface area contributed by atoms with E-state index in [1.807, 2.05) is 18.2 Å². The van der Waals surface area contributed by atoms with E-state index in [1.54, 1.807) is 12.3 Å². The lowest BCUT2D eigenvalue weighted by Gasteiger charge is -2.57. The molecule has 0 atom stereocenters. The molecule has 5 heteroatoms. The van der Waals surface area contributed by atoms with Gasteiger partial charge in [0, 0.05) is 29.9 Å². The number of carbonyl (C=O) groups is 1. The van der Waals surface area contributed by atoms with Crippen molar-refractivity contribution in [3.05, 3.63) is 41.0 Å². The van der Waals surface area contributed by atoms with Crippen LogP contribution < -0.4 is 0 Å². The van der Waals surface area contributed by atoms with E-state index in [0.29, 0.717) is 17.1 Å². The lowest BCUT2D eigenvalue weighted by atomic mass is 9.49. The number of amides is 1. The second-order valence-corrected chi connectivity index (χ2v) is 9.61. The Hall–Kier alpha value is -1.32. The quantitative estimate of drug-likeness (QED) is 0.631. The van der Waals surface area contributed by atoms with Crippen molar-refractivity contribution >= 4 is 40.2 Å². The van der Waals surface area contributed by atoms with Crippen LogP contribution in [0.25, 0.3) is 10.9 Å². The molecule has 1 amide bonds. The number of nitrogens with zero attached hydrogens (tertiary/aromatic N) is 2. The first kappa shape index (κ1) is 16.8. The van der Waals surface area contributed by atoms with Crippen LogP contribution in [-0.4, -0.2) is 21.9 Å². The molecule has 26 heavy (non-hydrogen) atoms. The highest BCUT2D eigenvalue weighted by molar-refractivity contribution is 6.31. The van der Waals surface area contributed by atoms with Gasteiger partial charge in [0.1, 0.15) is 0 Å². The van der Waals surface area contributed by atoms with Gasteiger partial charge in [-0.2, -0.15) is 0 Å². The molecular weight excluding hydrogens is 367 g/mol. The van der Waals surface area contributed by atoms with Crippen LogP contribution in [0.4, 0.5) is 0 Å². The summed E-state index contributed by atoms with van der Waals surface area (Å²) in [5.41, 5.74) is 1.57. The van der Waals surface area contributed by atoms with Gasteiger partial charge in [0.15, 0.2) is 0 Å². The van der Waals surface area contributed by atoms with E-state index in [9.17, 15) is 4.79 Å². The van der Waals surface area contributed by atoms with Crippen LogP contribution >= 0.6 is 23.4 Å². The minimum absolute atomic E-state index is 0.142. The Morgan fingerprint density at radius 2 is 1.81 bits per heavy atom. The highest BCUT2D eigenvalue weighted by Crippen LogP contribution is 2.60. The largest absolute Gasteiger partial charge is 0.268 e. The first-order valence-electron chi connectivity index (χ1n) is 9.53. The minimum atomic E-state index is -0.142. The van der Waals surface area contributed by atoms with Gasteiger partial charge in [-0.15, -0.1) is 0 Å². The Morgan fingerprint density at radius 3 is 2.46 bits per heavy atom. The lowest BCUT2D eigenvalue weighted by molar-refractivity contribution is -0.0579. The molecule has 6 rings (SSSR count). The maximum Gasteiger partial charge on any atom is 0.268 e. The molecule has 4 saturated carbocycles. The zero-order valence-corrected chi connectivity index (χ0v) is 16.1. The molecule has 2 aromatic rings. The molecule has 4 aliphatic carbocycles. The van der Waals surface area contributed by atoms with Crippen molar-refractivity contribution in [1.82, 2.24) is 9.40 Å². The van der Waals surface area contributed by atoms with Crippen molar-refractivity contribution in [1.29, 1.82) is 0 Å². The molecule has 0 saturated heterocycles. The molecule has 3 nitrogen and oxygen atoms in total. The zero-order valence-electron chi connectivity index (χ0n) is 14.6. The number of rotatable bonds is 3. The van der Waals surface area contributed by atoms with Crippen LogP contribution in [0.15, 0.2) is 30.5 Å². The van der Waals surface area contributed by atoms with E-state index in [0.717, 1.165) is 28.7 Å². The second kappa shape index (κ2) is 6.10. The molecule has 1 heterocycles. The normalized spacial score (nSPS) is 32.2. The van der Waals surface area contributed by atoms with Gasteiger partial charge in [0.25, 0.3) is 5.91 Å². The first-order chi connectivity index (χ1) is 12.5. The van der Waals surface area contributed by atoms with Gasteiger partial charge in [-0.3, -0.25) is 14.2 Å². The average molecular weight is 389 g/mol. The van der Waals surface area contributed by atoms with Crippen LogP contribution in [0.5, 0.6) is 0 Å². The maximum atomic E-state index is 13.1. The third kappa shape index (κ3) is 2.80. The van der Waals surface area contributed by atoms with Crippen molar-refractivity contribution in [2.24, 2.45) is 23.2 Å². The van der Waals surface area contributed by atoms with Crippen LogP contribution in [-0.2, 0) is 0 Å². The topological polar surface area (TPSA) is 33.2 Å². The maximum absolute atomic E-state index is 13.1. The number of benzene rings is 1. The Balaban J connectivity index is 1.42. The summed E-state index contributed by atoms with van der Waals surface area (Å²) in [6.45, 7) is 0.654. The third-order valence-electron chi connectivity index (χ3n) is 6.78. The minimum Gasteiger partial charge on any atom is -0.268 e. The molecule has 0 aliphatic heterocycles. The van der Waals surface area contributed by atoms with Crippen LogP contribution in [0.2, 0.25) is 5.02 Å². The van der Waals surface area contributed by atoms with E-state index in [-0.39, 0.29) is 11.3 Å². The van der Waals surface area contributed by atoms with Crippen molar-refractivity contribution in [2.75, 3.05) is 6.54 Å². The fourth-order valence-electron chi connectivity index (χ4n) is 6.29. The van der Waals surface area contributed by atoms with E-state index in [4.69, 9.17) is 23.4 Å². The van der Waals surface area contributed by atoms with Gasteiger partial charge < -0.3 is 0 Å². The molecule has 1 aromatic heterocycles. The number of pyridine rings is 1. The molecule has 0 spiro atoms. The Morgan fingerprint density at radius 1 is 1.15 bits per heavy atom. The SMILES string of the molecule is O=C(c1cccc2ncc(Cl)cc12)N(Cl)CC12CC3CC(CC(C3)C1)C2. The molecule has 1 aromatic carbocycles. The van der Waals surface area contributed by atoms with Crippen molar-refractivity contribution in [3.63, 3.8) is 0 Å². The van der Waals surface area contributed by atoms with Gasteiger partial charge >= 0.3 is 0 Å². The predicted octanol–water partition coefficient (Wildman–Crippen LogP) is 5.70. The van der Waals surface area contributed by atoms with E-state index in [1.165, 1.54) is 42.9 Å². The molecule has 0 N–H and O–H groups in total. The third-order valence-corrected chi connectivity index (χ3v) is 7.26. The number of aromatic nitrogens is 1. The summed E-state index contributed by atoms with van der Waals surface area (Å²) in [5.74, 6) is 2.41. The summed E-state index contributed by atoms with van der Waals surface area (Å²) in [4.78, 5) is 17.4. The molecule has 4 fully saturated rings. The Kier molecular flexibility index (Phi) is 3.95. The van der Waals surface area contributed by atoms with Gasteiger partial charge in [0.05, 0.1) is 16.1 Å². The van der Waals surface area contributed by atoms with Gasteiger partial charge in [-0.1, -0.05) is 17.7 Å². The van der Waals surface area contributed by atoms with E-state index < -0.39 is 0 Å². The van der Waals surface area contributed by atoms with Gasteiger partial charge in [0.2, 0.25) is 0 Å². The summed E-state index contributed by atoms with van der Waals surface area (Å²) < 4.78 is 1.43. The molecule has 4 bridgehead atoms. The van der Waals surface area contributed by atoms with E-state index >= 15 is 0 Å². The zero-order chi connectivity index (χ0) is 17.9. The summed E-state index contributed by atoms with van der Waals surface area (Å²) >= 11 is 12.7. The monoisotopic (exact) mass is 388 g/mol. The number of carbonyl (C=O) groups excluding carboxylic acids is 1. The Bertz CT molecular complexity index is 846. The predicted molar refractivity (Wildman–Crippen MR) is 104 cm³/mol. The van der Waals surface area contributed by atoms with E-state index in [2.05, 4.69) is 4.98 Å². The Labute approximate surface area is 163 Å². The molecule has 4 aliphatic rings. The molecule has 0 radical (unpaired) electrons. The van der Waals surface area contributed by atoms with Crippen molar-refractivity contribution < 1.29 is 4.79 Å². The van der Waals surface area contributed by atoms with Gasteiger partial charge in [-0.25, -0.2) is 0 Å². The fraction of sp³-hybridized carbons (Fsp3) is 0.524. The smallest absolute Gasteiger partial charge is 0.268 e. The lowest BCUT2D eigenvalue weighted by Crippen LogP contribution is -2.50. The highest BCUT2D eigenvalue weighted by atomic mass is 35.5. The number of hydrogen-bond acceptors (Lipinski definition) is 2. The fourth-order valence-corrected chi connectivity index (χ4v) is 6.79. The van der Waals surface area contributed by atoms with Crippen LogP contribution in [0.3, 0.4) is 0 Å². The summed E-state index contributed by atoms with van der Waals surface area (Å²) in [5, 5.41) is 1.29. The van der Waals surface area contributed by atoms with Crippen LogP contribution in [0.1, 0.15) is 48.9 Å². The summed E-state index contributed by atoms with van der Waals surface area (Å²) in [6.07, 6.45) is 9.48. The number of fused-ring (bicyclic) bond motifs is 1.